The van der Waals surface area contributed by atoms with Crippen LogP contribution in [0, 0.1) is 12.7 Å². The molecule has 1 aromatic carbocycles. The molecule has 0 unspecified atom stereocenters. The van der Waals surface area contributed by atoms with E-state index in [1.165, 1.54) is 13.0 Å². The lowest BCUT2D eigenvalue weighted by Gasteiger charge is -2.15. The second-order valence-corrected chi connectivity index (χ2v) is 7.02. The van der Waals surface area contributed by atoms with Crippen molar-refractivity contribution in [3.05, 3.63) is 29.1 Å². The van der Waals surface area contributed by atoms with E-state index in [1.807, 2.05) is 0 Å². The second-order valence-electron chi connectivity index (χ2n) is 5.33. The minimum Gasteiger partial charge on any atom is -0.316 e. The van der Waals surface area contributed by atoms with Crippen LogP contribution in [0.15, 0.2) is 17.0 Å². The summed E-state index contributed by atoms with van der Waals surface area (Å²) in [5, 5.41) is 2.90. The van der Waals surface area contributed by atoms with Gasteiger partial charge >= 0.3 is 0 Å². The van der Waals surface area contributed by atoms with Gasteiger partial charge in [0.1, 0.15) is 5.82 Å². The summed E-state index contributed by atoms with van der Waals surface area (Å²) in [5.41, 5.74) is 0.803. The molecule has 112 valence electrons. The van der Waals surface area contributed by atoms with Crippen LogP contribution in [-0.2, 0) is 16.6 Å². The van der Waals surface area contributed by atoms with Crippen molar-refractivity contribution in [2.75, 3.05) is 7.05 Å². The first-order valence-electron chi connectivity index (χ1n) is 6.90. The lowest BCUT2D eigenvalue weighted by atomic mass is 10.1. The summed E-state index contributed by atoms with van der Waals surface area (Å²) in [6.45, 7) is 1.94. The number of halogens is 1. The summed E-state index contributed by atoms with van der Waals surface area (Å²) in [6, 6.07) is 2.91. The molecule has 1 aromatic rings. The summed E-state index contributed by atoms with van der Waals surface area (Å²) in [6.07, 6.45) is 3.80. The Balaban J connectivity index is 2.33. The SMILES string of the molecule is CNCc1cc(F)c(C)c(S(=O)(=O)NC2CCCC2)c1. The minimum atomic E-state index is -3.66. The Labute approximate surface area is 119 Å². The van der Waals surface area contributed by atoms with Gasteiger partial charge in [0.25, 0.3) is 0 Å². The molecule has 0 spiro atoms. The molecule has 0 saturated heterocycles. The Bertz CT molecular complexity index is 581. The fourth-order valence-corrected chi connectivity index (χ4v) is 4.23. The quantitative estimate of drug-likeness (QED) is 0.875. The summed E-state index contributed by atoms with van der Waals surface area (Å²) < 4.78 is 41.4. The van der Waals surface area contributed by atoms with E-state index in [9.17, 15) is 12.8 Å². The predicted molar refractivity (Wildman–Crippen MR) is 76.5 cm³/mol. The average Bonchev–Trinajstić information content (AvgIpc) is 2.85. The van der Waals surface area contributed by atoms with Crippen LogP contribution in [0.25, 0.3) is 0 Å². The van der Waals surface area contributed by atoms with Gasteiger partial charge in [-0.15, -0.1) is 0 Å². The lowest BCUT2D eigenvalue weighted by Crippen LogP contribution is -2.33. The number of sulfonamides is 1. The third-order valence-corrected chi connectivity index (χ3v) is 5.35. The fraction of sp³-hybridized carbons (Fsp3) is 0.571. The molecule has 0 atom stereocenters. The molecule has 0 amide bonds. The van der Waals surface area contributed by atoms with E-state index in [0.717, 1.165) is 25.7 Å². The summed E-state index contributed by atoms with van der Waals surface area (Å²) >= 11 is 0. The molecule has 4 nitrogen and oxygen atoms in total. The van der Waals surface area contributed by atoms with Crippen LogP contribution in [0.3, 0.4) is 0 Å². The van der Waals surface area contributed by atoms with Crippen LogP contribution in [0.1, 0.15) is 36.8 Å². The van der Waals surface area contributed by atoms with Gasteiger partial charge in [-0.3, -0.25) is 0 Å². The number of hydrogen-bond acceptors (Lipinski definition) is 3. The van der Waals surface area contributed by atoms with E-state index in [-0.39, 0.29) is 16.5 Å². The predicted octanol–water partition coefficient (Wildman–Crippen LogP) is 2.07. The van der Waals surface area contributed by atoms with Gasteiger partial charge in [-0.1, -0.05) is 12.8 Å². The summed E-state index contributed by atoms with van der Waals surface area (Å²) in [7, 11) is -1.92. The molecule has 0 bridgehead atoms. The van der Waals surface area contributed by atoms with Crippen LogP contribution in [0.2, 0.25) is 0 Å². The lowest BCUT2D eigenvalue weighted by molar-refractivity contribution is 0.548. The highest BCUT2D eigenvalue weighted by Gasteiger charge is 2.25. The molecule has 2 rings (SSSR count). The zero-order valence-corrected chi connectivity index (χ0v) is 12.7. The molecular formula is C14H21FN2O2S. The van der Waals surface area contributed by atoms with Crippen molar-refractivity contribution in [2.45, 2.75) is 50.1 Å². The fourth-order valence-electron chi connectivity index (χ4n) is 2.62. The Hall–Kier alpha value is -0.980. The first-order chi connectivity index (χ1) is 9.44. The van der Waals surface area contributed by atoms with Crippen LogP contribution < -0.4 is 10.0 Å². The van der Waals surface area contributed by atoms with Gasteiger partial charge in [0.15, 0.2) is 0 Å². The normalized spacial score (nSPS) is 16.8. The molecule has 0 aromatic heterocycles. The molecular weight excluding hydrogens is 279 g/mol. The second kappa shape index (κ2) is 6.20. The summed E-state index contributed by atoms with van der Waals surface area (Å²) in [5.74, 6) is -0.482. The van der Waals surface area contributed by atoms with E-state index in [2.05, 4.69) is 10.0 Å². The summed E-state index contributed by atoms with van der Waals surface area (Å²) in [4.78, 5) is 0.0506. The third kappa shape index (κ3) is 3.37. The largest absolute Gasteiger partial charge is 0.316 e. The van der Waals surface area contributed by atoms with Gasteiger partial charge in [0.2, 0.25) is 10.0 Å². The van der Waals surface area contributed by atoms with Crippen molar-refractivity contribution >= 4 is 10.0 Å². The zero-order chi connectivity index (χ0) is 14.8. The van der Waals surface area contributed by atoms with Gasteiger partial charge in [0, 0.05) is 18.2 Å². The molecule has 1 fully saturated rings. The topological polar surface area (TPSA) is 58.2 Å². The Morgan fingerprint density at radius 2 is 1.95 bits per heavy atom. The van der Waals surface area contributed by atoms with Crippen molar-refractivity contribution < 1.29 is 12.8 Å². The number of hydrogen-bond donors (Lipinski definition) is 2. The van der Waals surface area contributed by atoms with Crippen molar-refractivity contribution in [1.29, 1.82) is 0 Å². The van der Waals surface area contributed by atoms with E-state index in [4.69, 9.17) is 0 Å². The molecule has 1 saturated carbocycles. The first-order valence-corrected chi connectivity index (χ1v) is 8.38. The molecule has 1 aliphatic rings. The average molecular weight is 300 g/mol. The van der Waals surface area contributed by atoms with Crippen molar-refractivity contribution in [1.82, 2.24) is 10.0 Å². The van der Waals surface area contributed by atoms with Crippen LogP contribution in [0.5, 0.6) is 0 Å². The molecule has 6 heteroatoms. The third-order valence-electron chi connectivity index (χ3n) is 3.70. The van der Waals surface area contributed by atoms with Crippen LogP contribution in [0.4, 0.5) is 4.39 Å². The Kier molecular flexibility index (Phi) is 4.78. The van der Waals surface area contributed by atoms with Gasteiger partial charge in [-0.05, 0) is 44.5 Å². The van der Waals surface area contributed by atoms with Gasteiger partial charge in [-0.2, -0.15) is 0 Å². The zero-order valence-electron chi connectivity index (χ0n) is 11.9. The minimum absolute atomic E-state index is 0.0181. The van der Waals surface area contributed by atoms with Gasteiger partial charge in [0.05, 0.1) is 4.90 Å². The standard InChI is InChI=1S/C14H21FN2O2S/c1-10-13(15)7-11(9-16-2)8-14(10)20(18,19)17-12-5-3-4-6-12/h7-8,12,16-17H,3-6,9H2,1-2H3. The first kappa shape index (κ1) is 15.4. The van der Waals surface area contributed by atoms with E-state index < -0.39 is 15.8 Å². The number of rotatable bonds is 5. The smallest absolute Gasteiger partial charge is 0.241 e. The highest BCUT2D eigenvalue weighted by atomic mass is 32.2. The Morgan fingerprint density at radius 1 is 1.30 bits per heavy atom. The van der Waals surface area contributed by atoms with Crippen LogP contribution in [-0.4, -0.2) is 21.5 Å². The van der Waals surface area contributed by atoms with Crippen molar-refractivity contribution in [2.24, 2.45) is 0 Å². The van der Waals surface area contributed by atoms with Crippen molar-refractivity contribution in [3.8, 4) is 0 Å². The maximum absolute atomic E-state index is 13.9. The van der Waals surface area contributed by atoms with E-state index >= 15 is 0 Å². The highest BCUT2D eigenvalue weighted by molar-refractivity contribution is 7.89. The van der Waals surface area contributed by atoms with Gasteiger partial charge in [-0.25, -0.2) is 17.5 Å². The maximum atomic E-state index is 13.9. The monoisotopic (exact) mass is 300 g/mol. The molecule has 0 heterocycles. The molecule has 0 radical (unpaired) electrons. The van der Waals surface area contributed by atoms with Crippen LogP contribution >= 0.6 is 0 Å². The molecule has 0 aliphatic heterocycles. The highest BCUT2D eigenvalue weighted by Crippen LogP contribution is 2.24. The van der Waals surface area contributed by atoms with E-state index in [0.29, 0.717) is 12.1 Å². The molecule has 20 heavy (non-hydrogen) atoms. The number of nitrogens with one attached hydrogen (secondary N) is 2. The maximum Gasteiger partial charge on any atom is 0.241 e. The van der Waals surface area contributed by atoms with Gasteiger partial charge < -0.3 is 5.32 Å². The molecule has 1 aliphatic carbocycles. The Morgan fingerprint density at radius 3 is 2.55 bits per heavy atom. The van der Waals surface area contributed by atoms with E-state index in [1.54, 1.807) is 13.1 Å². The van der Waals surface area contributed by atoms with Crippen molar-refractivity contribution in [3.63, 3.8) is 0 Å². The number of benzene rings is 1. The molecule has 2 N–H and O–H groups in total.